The molecule has 9 nitrogen and oxygen atoms in total. The van der Waals surface area contributed by atoms with E-state index in [2.05, 4.69) is 10.3 Å². The van der Waals surface area contributed by atoms with Crippen LogP contribution in [0.25, 0.3) is 11.3 Å². The van der Waals surface area contributed by atoms with E-state index in [-0.39, 0.29) is 29.4 Å². The van der Waals surface area contributed by atoms with Gasteiger partial charge in [0.05, 0.1) is 21.9 Å². The lowest BCUT2D eigenvalue weighted by Crippen LogP contribution is -2.30. The van der Waals surface area contributed by atoms with E-state index in [1.54, 1.807) is 23.6 Å². The van der Waals surface area contributed by atoms with Gasteiger partial charge in [0.1, 0.15) is 0 Å². The van der Waals surface area contributed by atoms with Crippen molar-refractivity contribution >= 4 is 51.2 Å². The summed E-state index contributed by atoms with van der Waals surface area (Å²) in [4.78, 5) is 52.7. The van der Waals surface area contributed by atoms with Gasteiger partial charge in [0.2, 0.25) is 0 Å². The molecule has 0 radical (unpaired) electrons. The fourth-order valence-electron chi connectivity index (χ4n) is 2.68. The highest BCUT2D eigenvalue weighted by atomic mass is 32.1. The Labute approximate surface area is 191 Å². The highest BCUT2D eigenvalue weighted by Gasteiger charge is 2.20. The monoisotopic (exact) mass is 473 g/mol. The number of hydrogen-bond donors (Lipinski definition) is 1. The maximum atomic E-state index is 12.3. The van der Waals surface area contributed by atoms with E-state index in [1.165, 1.54) is 30.4 Å². The van der Waals surface area contributed by atoms with E-state index < -0.39 is 22.9 Å². The maximum absolute atomic E-state index is 12.3. The van der Waals surface area contributed by atoms with Crippen LogP contribution in [0.15, 0.2) is 41.8 Å². The van der Waals surface area contributed by atoms with Crippen LogP contribution in [0, 0.1) is 17.0 Å². The Bertz CT molecular complexity index is 1170. The number of rotatable bonds is 9. The standard InChI is InChI=1S/C21H19N3O6S2/c1-12-6-8-18(32-12)17(25)7-9-19(26)30-13(2)20(27)23-21-22-16(11-31-21)14-4-3-5-15(10-14)24(28)29/h3-6,8,10-11,13H,7,9H2,1-2H3,(H,22,23,27). The summed E-state index contributed by atoms with van der Waals surface area (Å²) in [6, 6.07) is 9.56. The van der Waals surface area contributed by atoms with Gasteiger partial charge in [0.25, 0.3) is 11.6 Å². The number of esters is 1. The number of non-ortho nitro benzene ring substituents is 1. The van der Waals surface area contributed by atoms with Crippen molar-refractivity contribution in [2.45, 2.75) is 32.8 Å². The summed E-state index contributed by atoms with van der Waals surface area (Å²) in [5.41, 5.74) is 0.955. The van der Waals surface area contributed by atoms with Gasteiger partial charge >= 0.3 is 5.97 Å². The molecule has 1 aromatic carbocycles. The first kappa shape index (κ1) is 23.2. The highest BCUT2D eigenvalue weighted by Crippen LogP contribution is 2.27. The van der Waals surface area contributed by atoms with Crippen LogP contribution in [0.2, 0.25) is 0 Å². The number of aryl methyl sites for hydroxylation is 1. The van der Waals surface area contributed by atoms with Crippen molar-refractivity contribution in [3.8, 4) is 11.3 Å². The van der Waals surface area contributed by atoms with Crippen LogP contribution in [0.5, 0.6) is 0 Å². The summed E-state index contributed by atoms with van der Waals surface area (Å²) in [6.07, 6.45) is -1.19. The van der Waals surface area contributed by atoms with Crippen LogP contribution in [0.4, 0.5) is 10.8 Å². The lowest BCUT2D eigenvalue weighted by molar-refractivity contribution is -0.384. The number of thiophene rings is 1. The molecule has 2 aromatic heterocycles. The highest BCUT2D eigenvalue weighted by molar-refractivity contribution is 7.14. The number of carbonyl (C=O) groups excluding carboxylic acids is 3. The third-order valence-corrected chi connectivity index (χ3v) is 6.14. The molecule has 3 rings (SSSR count). The Morgan fingerprint density at radius 3 is 2.69 bits per heavy atom. The van der Waals surface area contributed by atoms with Gasteiger partial charge in [0, 0.05) is 34.4 Å². The molecule has 166 valence electrons. The second kappa shape index (κ2) is 10.2. The Hall–Kier alpha value is -3.44. The minimum Gasteiger partial charge on any atom is -0.453 e. The van der Waals surface area contributed by atoms with Gasteiger partial charge < -0.3 is 4.74 Å². The third kappa shape index (κ3) is 6.05. The average Bonchev–Trinajstić information content (AvgIpc) is 3.41. The number of anilines is 1. The molecule has 1 atom stereocenters. The minimum atomic E-state index is -1.08. The number of thiazole rings is 1. The molecule has 0 aliphatic rings. The molecule has 11 heteroatoms. The minimum absolute atomic E-state index is 0.00613. The summed E-state index contributed by atoms with van der Waals surface area (Å²) >= 11 is 2.51. The molecule has 2 heterocycles. The Balaban J connectivity index is 1.51. The number of nitro benzene ring substituents is 1. The fourth-order valence-corrected chi connectivity index (χ4v) is 4.24. The van der Waals surface area contributed by atoms with E-state index >= 15 is 0 Å². The number of ether oxygens (including phenoxy) is 1. The largest absolute Gasteiger partial charge is 0.453 e. The number of Topliss-reactive ketones (excluding diaryl/α,β-unsaturated/α-hetero) is 1. The van der Waals surface area contributed by atoms with Crippen molar-refractivity contribution < 1.29 is 24.0 Å². The van der Waals surface area contributed by atoms with Crippen molar-refractivity contribution in [3.63, 3.8) is 0 Å². The zero-order valence-electron chi connectivity index (χ0n) is 17.2. The fraction of sp³-hybridized carbons (Fsp3) is 0.238. The molecule has 0 saturated carbocycles. The summed E-state index contributed by atoms with van der Waals surface area (Å²) in [5, 5.41) is 15.4. The average molecular weight is 474 g/mol. The van der Waals surface area contributed by atoms with Gasteiger partial charge in [-0.3, -0.25) is 29.8 Å². The van der Waals surface area contributed by atoms with Gasteiger partial charge in [-0.1, -0.05) is 12.1 Å². The molecule has 1 unspecified atom stereocenters. The molecule has 0 aliphatic carbocycles. The zero-order chi connectivity index (χ0) is 23.3. The van der Waals surface area contributed by atoms with Crippen molar-refractivity contribution in [1.82, 2.24) is 4.98 Å². The Kier molecular flexibility index (Phi) is 7.44. The first-order chi connectivity index (χ1) is 15.2. The smallest absolute Gasteiger partial charge is 0.307 e. The topological polar surface area (TPSA) is 128 Å². The molecule has 0 bridgehead atoms. The van der Waals surface area contributed by atoms with Crippen molar-refractivity contribution in [1.29, 1.82) is 0 Å². The number of benzene rings is 1. The summed E-state index contributed by atoms with van der Waals surface area (Å²) < 4.78 is 5.11. The van der Waals surface area contributed by atoms with E-state index in [9.17, 15) is 24.5 Å². The number of ketones is 1. The number of carbonyl (C=O) groups is 3. The zero-order valence-corrected chi connectivity index (χ0v) is 18.8. The van der Waals surface area contributed by atoms with Crippen LogP contribution in [-0.2, 0) is 14.3 Å². The van der Waals surface area contributed by atoms with Gasteiger partial charge in [-0.25, -0.2) is 4.98 Å². The van der Waals surface area contributed by atoms with Crippen LogP contribution >= 0.6 is 22.7 Å². The molecule has 0 spiro atoms. The van der Waals surface area contributed by atoms with Crippen molar-refractivity contribution in [2.24, 2.45) is 0 Å². The molecule has 0 saturated heterocycles. The molecule has 0 aliphatic heterocycles. The summed E-state index contributed by atoms with van der Waals surface area (Å²) in [5.74, 6) is -1.36. The first-order valence-corrected chi connectivity index (χ1v) is 11.2. The molecule has 0 fully saturated rings. The molecular weight excluding hydrogens is 454 g/mol. The van der Waals surface area contributed by atoms with Crippen molar-refractivity contribution in [2.75, 3.05) is 5.32 Å². The van der Waals surface area contributed by atoms with Crippen LogP contribution in [0.3, 0.4) is 0 Å². The number of aromatic nitrogens is 1. The molecule has 1 amide bonds. The van der Waals surface area contributed by atoms with Gasteiger partial charge in [-0.05, 0) is 26.0 Å². The normalized spacial score (nSPS) is 11.6. The van der Waals surface area contributed by atoms with E-state index in [0.29, 0.717) is 16.1 Å². The molecule has 1 N–H and O–H groups in total. The summed E-state index contributed by atoms with van der Waals surface area (Å²) in [7, 11) is 0. The number of hydrogen-bond acceptors (Lipinski definition) is 9. The number of amides is 1. The lowest BCUT2D eigenvalue weighted by Gasteiger charge is -2.12. The lowest BCUT2D eigenvalue weighted by atomic mass is 10.1. The second-order valence-electron chi connectivity index (χ2n) is 6.80. The quantitative estimate of drug-likeness (QED) is 0.208. The molecule has 32 heavy (non-hydrogen) atoms. The predicted octanol–water partition coefficient (Wildman–Crippen LogP) is 4.62. The van der Waals surface area contributed by atoms with E-state index in [0.717, 1.165) is 16.2 Å². The first-order valence-electron chi connectivity index (χ1n) is 9.53. The van der Waals surface area contributed by atoms with E-state index in [4.69, 9.17) is 4.74 Å². The van der Waals surface area contributed by atoms with E-state index in [1.807, 2.05) is 13.0 Å². The maximum Gasteiger partial charge on any atom is 0.307 e. The number of nitrogens with one attached hydrogen (secondary N) is 1. The number of nitrogens with zero attached hydrogens (tertiary/aromatic N) is 2. The van der Waals surface area contributed by atoms with Crippen molar-refractivity contribution in [3.05, 3.63) is 61.6 Å². The van der Waals surface area contributed by atoms with Gasteiger partial charge in [-0.15, -0.1) is 22.7 Å². The third-order valence-electron chi connectivity index (χ3n) is 4.34. The van der Waals surface area contributed by atoms with Gasteiger partial charge in [-0.2, -0.15) is 0 Å². The van der Waals surface area contributed by atoms with Crippen LogP contribution in [-0.4, -0.2) is 33.7 Å². The Morgan fingerprint density at radius 2 is 2.00 bits per heavy atom. The van der Waals surface area contributed by atoms with Crippen LogP contribution in [0.1, 0.15) is 34.3 Å². The SMILES string of the molecule is Cc1ccc(C(=O)CCC(=O)OC(C)C(=O)Nc2nc(-c3cccc([N+](=O)[O-])c3)cs2)s1. The summed E-state index contributed by atoms with van der Waals surface area (Å²) in [6.45, 7) is 3.32. The number of nitro groups is 1. The molecular formula is C21H19N3O6S2. The molecule has 3 aromatic rings. The van der Waals surface area contributed by atoms with Gasteiger partial charge in [0.15, 0.2) is 17.0 Å². The van der Waals surface area contributed by atoms with Crippen LogP contribution < -0.4 is 5.32 Å². The predicted molar refractivity (Wildman–Crippen MR) is 121 cm³/mol. The second-order valence-corrected chi connectivity index (χ2v) is 8.95. The Morgan fingerprint density at radius 1 is 1.22 bits per heavy atom.